The van der Waals surface area contributed by atoms with Crippen LogP contribution in [0, 0.1) is 35.6 Å². The van der Waals surface area contributed by atoms with E-state index in [0.717, 1.165) is 0 Å². The summed E-state index contributed by atoms with van der Waals surface area (Å²) in [6.07, 6.45) is 0. The molecule has 7 heavy (non-hydrogen) atoms. The van der Waals surface area contributed by atoms with Gasteiger partial charge < -0.3 is 19.2 Å². The summed E-state index contributed by atoms with van der Waals surface area (Å²) in [5, 5.41) is 0. The minimum atomic E-state index is -5.39. The summed E-state index contributed by atoms with van der Waals surface area (Å²) in [5.74, 6) is 0. The second kappa shape index (κ2) is 6.31. The fraction of sp³-hybridized carbons (Fsp3) is 0. The smallest absolute Gasteiger partial charge is 0.822 e. The van der Waals surface area contributed by atoms with Gasteiger partial charge in [-0.2, -0.15) is 7.82 Å². The van der Waals surface area contributed by atoms with Gasteiger partial charge in [0.1, 0.15) is 0 Å². The molecule has 0 bridgehead atoms. The van der Waals surface area contributed by atoms with Gasteiger partial charge in [0, 0.05) is 0 Å². The minimum absolute atomic E-state index is 0. The fourth-order valence-corrected chi connectivity index (χ4v) is 0. The van der Waals surface area contributed by atoms with Crippen molar-refractivity contribution in [3.8, 4) is 0 Å². The second-order valence-corrected chi connectivity index (χ2v) is 1.34. The van der Waals surface area contributed by atoms with Gasteiger partial charge in [0.15, 0.2) is 0 Å². The van der Waals surface area contributed by atoms with Gasteiger partial charge in [0.2, 0.25) is 0 Å². The Kier molecular flexibility index (Phi) is 14.5. The topological polar surface area (TPSA) is 86.2 Å². The average molecular weight is 325 g/mol. The molecule has 0 fully saturated rings. The van der Waals surface area contributed by atoms with Crippen molar-refractivity contribution in [2.45, 2.75) is 0 Å². The molecule has 0 aliphatic heterocycles. The Morgan fingerprint density at radius 2 is 1.14 bits per heavy atom. The minimum Gasteiger partial charge on any atom is -0.822 e. The van der Waals surface area contributed by atoms with E-state index in [-0.39, 0.29) is 61.8 Å². The van der Waals surface area contributed by atoms with Crippen molar-refractivity contribution in [2.75, 3.05) is 0 Å². The van der Waals surface area contributed by atoms with E-state index in [4.69, 9.17) is 19.2 Å². The van der Waals surface area contributed by atoms with Crippen LogP contribution in [0.15, 0.2) is 0 Å². The largest absolute Gasteiger partial charge is 4.00 e. The van der Waals surface area contributed by atoms with Gasteiger partial charge in [0.25, 0.3) is 0 Å². The molecule has 0 unspecified atom stereocenters. The third-order valence-electron chi connectivity index (χ3n) is 0. The summed E-state index contributed by atoms with van der Waals surface area (Å²) in [6.45, 7) is 0. The van der Waals surface area contributed by atoms with Crippen molar-refractivity contribution in [3.63, 3.8) is 0 Å². The van der Waals surface area contributed by atoms with E-state index >= 15 is 0 Å². The normalized spacial score (nSPS) is 8.43. The Hall–Kier alpha value is 2.19. The van der Waals surface area contributed by atoms with E-state index in [1.807, 2.05) is 0 Å². The van der Waals surface area contributed by atoms with Crippen LogP contribution in [0.25, 0.3) is 0 Å². The standard InChI is InChI=1S/La.H3O4P.Zr/c;1-5(2,3)4;/h;(H3,1,2,3,4);/q+3;;+4/p-3. The second-order valence-electron chi connectivity index (χ2n) is 0.447. The Morgan fingerprint density at radius 3 is 1.14 bits per heavy atom. The van der Waals surface area contributed by atoms with Crippen LogP contribution in [0.2, 0.25) is 0 Å². The molecule has 0 rings (SSSR count). The molecule has 32 valence electrons. The zero-order chi connectivity index (χ0) is 4.50. The molecule has 0 atom stereocenters. The molecule has 4 nitrogen and oxygen atoms in total. The molecule has 0 aliphatic carbocycles. The molecule has 0 aliphatic rings. The van der Waals surface area contributed by atoms with Gasteiger partial charge in [-0.25, -0.2) is 0 Å². The SMILES string of the molecule is O=P([O-])([O-])[O-].[La+3].[Zr+4]. The maximum atomic E-state index is 8.55. The van der Waals surface area contributed by atoms with Crippen LogP contribution in [0.3, 0.4) is 0 Å². The van der Waals surface area contributed by atoms with Crippen molar-refractivity contribution in [1.29, 1.82) is 0 Å². The number of rotatable bonds is 0. The van der Waals surface area contributed by atoms with Gasteiger partial charge in [-0.15, -0.1) is 0 Å². The molecule has 0 radical (unpaired) electrons. The summed E-state index contributed by atoms with van der Waals surface area (Å²) >= 11 is 0. The van der Waals surface area contributed by atoms with E-state index < -0.39 is 7.82 Å². The van der Waals surface area contributed by atoms with Crippen molar-refractivity contribution in [3.05, 3.63) is 0 Å². The molecule has 7 heteroatoms. The molecule has 0 amide bonds. The zero-order valence-corrected chi connectivity index (χ0v) is 10.1. The molecule has 0 aromatic heterocycles. The van der Waals surface area contributed by atoms with Gasteiger partial charge in [0.05, 0.1) is 0 Å². The number of hydrogen-bond acceptors (Lipinski definition) is 4. The molecular weight excluding hydrogens is 325 g/mol. The Morgan fingerprint density at radius 1 is 1.14 bits per heavy atom. The first-order chi connectivity index (χ1) is 2.00. The molecule has 0 aromatic carbocycles. The summed E-state index contributed by atoms with van der Waals surface area (Å²) in [4.78, 5) is 25.6. The van der Waals surface area contributed by atoms with Crippen LogP contribution in [-0.4, -0.2) is 0 Å². The first-order valence-electron chi connectivity index (χ1n) is 0.730. The summed E-state index contributed by atoms with van der Waals surface area (Å²) in [5.41, 5.74) is 0. The third-order valence-corrected chi connectivity index (χ3v) is 0. The monoisotopic (exact) mass is 324 g/mol. The maximum Gasteiger partial charge on any atom is 4.00 e. The van der Waals surface area contributed by atoms with Crippen LogP contribution >= 0.6 is 7.82 Å². The molecular formula is LaO4PZr+4. The number of hydrogen-bond donors (Lipinski definition) is 0. The first-order valence-corrected chi connectivity index (χ1v) is 2.19. The Labute approximate surface area is 87.7 Å². The molecule has 0 heterocycles. The van der Waals surface area contributed by atoms with Crippen LogP contribution in [0.5, 0.6) is 0 Å². The summed E-state index contributed by atoms with van der Waals surface area (Å²) in [7, 11) is -5.39. The van der Waals surface area contributed by atoms with Gasteiger partial charge in [-0.1, -0.05) is 0 Å². The van der Waals surface area contributed by atoms with E-state index in [1.165, 1.54) is 0 Å². The quantitative estimate of drug-likeness (QED) is 0.450. The third kappa shape index (κ3) is 65.5. The molecule has 0 saturated heterocycles. The molecule has 0 spiro atoms. The Bertz CT molecular complexity index is 57.8. The number of phosphoric acid groups is 1. The van der Waals surface area contributed by atoms with Gasteiger partial charge in [-0.3, -0.25) is 0 Å². The molecule has 0 saturated carbocycles. The summed E-state index contributed by atoms with van der Waals surface area (Å²) < 4.78 is 8.55. The molecule has 0 N–H and O–H groups in total. The summed E-state index contributed by atoms with van der Waals surface area (Å²) in [6, 6.07) is 0. The van der Waals surface area contributed by atoms with E-state index in [1.54, 1.807) is 0 Å². The van der Waals surface area contributed by atoms with Crippen molar-refractivity contribution in [1.82, 2.24) is 0 Å². The van der Waals surface area contributed by atoms with Crippen LogP contribution < -0.4 is 14.7 Å². The van der Waals surface area contributed by atoms with Crippen LogP contribution in [0.4, 0.5) is 0 Å². The van der Waals surface area contributed by atoms with Gasteiger partial charge >= 0.3 is 61.8 Å². The van der Waals surface area contributed by atoms with Gasteiger partial charge in [-0.05, 0) is 0 Å². The van der Waals surface area contributed by atoms with Crippen molar-refractivity contribution in [2.24, 2.45) is 0 Å². The van der Waals surface area contributed by atoms with Crippen molar-refractivity contribution < 1.29 is 81.0 Å². The molecule has 0 aromatic rings. The first kappa shape index (κ1) is 16.1. The average Bonchev–Trinajstić information content (AvgIpc) is 0.722. The van der Waals surface area contributed by atoms with Crippen LogP contribution in [-0.2, 0) is 30.8 Å². The van der Waals surface area contributed by atoms with E-state index in [9.17, 15) is 0 Å². The van der Waals surface area contributed by atoms with Crippen LogP contribution in [0.1, 0.15) is 0 Å². The fourth-order valence-electron chi connectivity index (χ4n) is 0. The predicted octanol–water partition coefficient (Wildman–Crippen LogP) is -2.83. The van der Waals surface area contributed by atoms with E-state index in [0.29, 0.717) is 0 Å². The van der Waals surface area contributed by atoms with Crippen molar-refractivity contribution >= 4 is 7.82 Å². The van der Waals surface area contributed by atoms with E-state index in [2.05, 4.69) is 0 Å². The zero-order valence-electron chi connectivity index (χ0n) is 3.16. The maximum absolute atomic E-state index is 8.55. The predicted molar refractivity (Wildman–Crippen MR) is 7.61 cm³/mol. The Balaban J connectivity index is -0.0000000800.